The minimum absolute atomic E-state index is 0.0972. The number of hydrogen-bond donors (Lipinski definition) is 2. The molecule has 0 saturated heterocycles. The van der Waals surface area contributed by atoms with Gasteiger partial charge in [-0.1, -0.05) is 43.2 Å². The second kappa shape index (κ2) is 6.55. The average Bonchev–Trinajstić information content (AvgIpc) is 2.48. The highest BCUT2D eigenvalue weighted by atomic mass is 16.4. The highest BCUT2D eigenvalue weighted by Gasteiger charge is 2.36. The van der Waals surface area contributed by atoms with E-state index in [4.69, 9.17) is 0 Å². The maximum Gasteiger partial charge on any atom is 0.307 e. The van der Waals surface area contributed by atoms with Crippen molar-refractivity contribution in [1.82, 2.24) is 5.32 Å². The quantitative estimate of drug-likeness (QED) is 0.888. The normalized spacial score (nSPS) is 23.9. The zero-order valence-electron chi connectivity index (χ0n) is 11.7. The molecule has 0 heterocycles. The monoisotopic (exact) mass is 275 g/mol. The molecule has 0 bridgehead atoms. The smallest absolute Gasteiger partial charge is 0.307 e. The topological polar surface area (TPSA) is 66.4 Å². The van der Waals surface area contributed by atoms with Crippen molar-refractivity contribution < 1.29 is 14.7 Å². The van der Waals surface area contributed by atoms with Gasteiger partial charge in [-0.05, 0) is 25.3 Å². The van der Waals surface area contributed by atoms with Crippen molar-refractivity contribution in [3.63, 3.8) is 0 Å². The summed E-state index contributed by atoms with van der Waals surface area (Å²) < 4.78 is 0. The van der Waals surface area contributed by atoms with Crippen molar-refractivity contribution >= 4 is 11.9 Å². The lowest BCUT2D eigenvalue weighted by atomic mass is 9.78. The first-order valence-corrected chi connectivity index (χ1v) is 7.17. The molecular formula is C16H21NO3. The van der Waals surface area contributed by atoms with Gasteiger partial charge in [0.15, 0.2) is 0 Å². The molecule has 2 N–H and O–H groups in total. The van der Waals surface area contributed by atoms with Crippen molar-refractivity contribution in [1.29, 1.82) is 0 Å². The van der Waals surface area contributed by atoms with Crippen LogP contribution in [0.4, 0.5) is 0 Å². The molecule has 1 aromatic carbocycles. The van der Waals surface area contributed by atoms with E-state index in [2.05, 4.69) is 5.32 Å². The van der Waals surface area contributed by atoms with E-state index in [1.807, 2.05) is 37.3 Å². The van der Waals surface area contributed by atoms with Gasteiger partial charge < -0.3 is 10.4 Å². The van der Waals surface area contributed by atoms with E-state index < -0.39 is 17.8 Å². The molecule has 108 valence electrons. The third-order valence-corrected chi connectivity index (χ3v) is 4.08. The number of rotatable bonds is 4. The summed E-state index contributed by atoms with van der Waals surface area (Å²) in [5.74, 6) is -1.91. The Labute approximate surface area is 119 Å². The zero-order chi connectivity index (χ0) is 14.5. The summed E-state index contributed by atoms with van der Waals surface area (Å²) in [7, 11) is 0. The summed E-state index contributed by atoms with van der Waals surface area (Å²) in [5.41, 5.74) is 1.03. The van der Waals surface area contributed by atoms with Crippen molar-refractivity contribution in [2.24, 2.45) is 11.8 Å². The van der Waals surface area contributed by atoms with Crippen LogP contribution in [0, 0.1) is 11.8 Å². The maximum atomic E-state index is 12.3. The van der Waals surface area contributed by atoms with Crippen molar-refractivity contribution in [2.45, 2.75) is 38.6 Å². The number of amides is 1. The average molecular weight is 275 g/mol. The molecule has 4 nitrogen and oxygen atoms in total. The number of aliphatic carboxylic acids is 1. The van der Waals surface area contributed by atoms with Gasteiger partial charge in [-0.2, -0.15) is 0 Å². The van der Waals surface area contributed by atoms with Gasteiger partial charge in [0.05, 0.1) is 17.9 Å². The fraction of sp³-hybridized carbons (Fsp3) is 0.500. The molecule has 1 saturated carbocycles. The second-order valence-corrected chi connectivity index (χ2v) is 5.48. The molecule has 0 aliphatic heterocycles. The Balaban J connectivity index is 2.01. The van der Waals surface area contributed by atoms with Crippen molar-refractivity contribution in [3.8, 4) is 0 Å². The van der Waals surface area contributed by atoms with Crippen molar-refractivity contribution in [2.75, 3.05) is 0 Å². The molecule has 1 aliphatic rings. The van der Waals surface area contributed by atoms with E-state index in [1.165, 1.54) is 0 Å². The summed E-state index contributed by atoms with van der Waals surface area (Å²) in [6.07, 6.45) is 3.11. The Morgan fingerprint density at radius 2 is 1.75 bits per heavy atom. The van der Waals surface area contributed by atoms with Crippen LogP contribution >= 0.6 is 0 Å². The first-order valence-electron chi connectivity index (χ1n) is 7.17. The van der Waals surface area contributed by atoms with Gasteiger partial charge in [0, 0.05) is 0 Å². The minimum atomic E-state index is -0.850. The maximum absolute atomic E-state index is 12.3. The zero-order valence-corrected chi connectivity index (χ0v) is 11.7. The summed E-state index contributed by atoms with van der Waals surface area (Å²) in [6, 6.07) is 9.61. The number of hydrogen-bond acceptors (Lipinski definition) is 2. The van der Waals surface area contributed by atoms with Gasteiger partial charge in [0.2, 0.25) is 5.91 Å². The Kier molecular flexibility index (Phi) is 4.77. The molecule has 2 rings (SSSR count). The molecule has 0 spiro atoms. The third kappa shape index (κ3) is 3.38. The lowest BCUT2D eigenvalue weighted by Crippen LogP contribution is -2.40. The van der Waals surface area contributed by atoms with Gasteiger partial charge in [-0.15, -0.1) is 0 Å². The number of benzene rings is 1. The number of carbonyl (C=O) groups is 2. The standard InChI is InChI=1S/C16H21NO3/c1-11(12-7-3-2-4-8-12)17-15(18)13-9-5-6-10-14(13)16(19)20/h2-4,7-8,11,13-14H,5-6,9-10H2,1H3,(H,17,18)(H,19,20). The fourth-order valence-corrected chi connectivity index (χ4v) is 2.89. The van der Waals surface area contributed by atoms with Crippen LogP contribution in [-0.2, 0) is 9.59 Å². The van der Waals surface area contributed by atoms with Crippen LogP contribution in [0.2, 0.25) is 0 Å². The van der Waals surface area contributed by atoms with Gasteiger partial charge in [-0.25, -0.2) is 0 Å². The number of nitrogens with one attached hydrogen (secondary N) is 1. The lowest BCUT2D eigenvalue weighted by Gasteiger charge is -2.28. The van der Waals surface area contributed by atoms with Gasteiger partial charge in [0.1, 0.15) is 0 Å². The summed E-state index contributed by atoms with van der Waals surface area (Å²) in [4.78, 5) is 23.6. The number of carbonyl (C=O) groups excluding carboxylic acids is 1. The van der Waals surface area contributed by atoms with Crippen LogP contribution < -0.4 is 5.32 Å². The highest BCUT2D eigenvalue weighted by molar-refractivity contribution is 5.85. The van der Waals surface area contributed by atoms with Crippen LogP contribution in [0.15, 0.2) is 30.3 Å². The van der Waals surface area contributed by atoms with E-state index in [1.54, 1.807) is 0 Å². The van der Waals surface area contributed by atoms with Crippen LogP contribution in [0.3, 0.4) is 0 Å². The first kappa shape index (κ1) is 14.6. The predicted octanol–water partition coefficient (Wildman–Crippen LogP) is 2.75. The first-order chi connectivity index (χ1) is 9.59. The molecule has 20 heavy (non-hydrogen) atoms. The molecule has 0 radical (unpaired) electrons. The fourth-order valence-electron chi connectivity index (χ4n) is 2.89. The van der Waals surface area contributed by atoms with Gasteiger partial charge in [-0.3, -0.25) is 9.59 Å². The van der Waals surface area contributed by atoms with Gasteiger partial charge in [0.25, 0.3) is 0 Å². The molecule has 1 aromatic rings. The van der Waals surface area contributed by atoms with Crippen LogP contribution in [0.1, 0.15) is 44.2 Å². The van der Waals surface area contributed by atoms with E-state index in [0.29, 0.717) is 12.8 Å². The Hall–Kier alpha value is -1.84. The molecule has 1 aliphatic carbocycles. The SMILES string of the molecule is CC(NC(=O)C1CCCCC1C(=O)O)c1ccccc1. The third-order valence-electron chi connectivity index (χ3n) is 4.08. The Bertz CT molecular complexity index is 472. The molecule has 0 aromatic heterocycles. The van der Waals surface area contributed by atoms with Crippen LogP contribution in [0.5, 0.6) is 0 Å². The minimum Gasteiger partial charge on any atom is -0.481 e. The molecule has 1 fully saturated rings. The lowest BCUT2D eigenvalue weighted by molar-refractivity contribution is -0.149. The van der Waals surface area contributed by atoms with Crippen LogP contribution in [-0.4, -0.2) is 17.0 Å². The van der Waals surface area contributed by atoms with Crippen molar-refractivity contribution in [3.05, 3.63) is 35.9 Å². The molecule has 4 heteroatoms. The van der Waals surface area contributed by atoms with Crippen LogP contribution in [0.25, 0.3) is 0 Å². The summed E-state index contributed by atoms with van der Waals surface area (Å²) in [5, 5.41) is 12.2. The van der Waals surface area contributed by atoms with Gasteiger partial charge >= 0.3 is 5.97 Å². The Morgan fingerprint density at radius 1 is 1.15 bits per heavy atom. The predicted molar refractivity (Wildman–Crippen MR) is 76.1 cm³/mol. The van der Waals surface area contributed by atoms with E-state index in [-0.39, 0.29) is 11.9 Å². The molecular weight excluding hydrogens is 254 g/mol. The molecule has 1 amide bonds. The summed E-state index contributed by atoms with van der Waals surface area (Å²) >= 11 is 0. The highest BCUT2D eigenvalue weighted by Crippen LogP contribution is 2.31. The number of carboxylic acid groups (broad SMARTS) is 1. The number of carboxylic acids is 1. The largest absolute Gasteiger partial charge is 0.481 e. The second-order valence-electron chi connectivity index (χ2n) is 5.48. The molecule has 3 atom stereocenters. The Morgan fingerprint density at radius 3 is 2.35 bits per heavy atom. The van der Waals surface area contributed by atoms with E-state index in [0.717, 1.165) is 18.4 Å². The molecule has 3 unspecified atom stereocenters. The van der Waals surface area contributed by atoms with E-state index >= 15 is 0 Å². The van der Waals surface area contributed by atoms with E-state index in [9.17, 15) is 14.7 Å². The summed E-state index contributed by atoms with van der Waals surface area (Å²) in [6.45, 7) is 1.92.